The lowest BCUT2D eigenvalue weighted by Crippen LogP contribution is -2.38. The van der Waals surface area contributed by atoms with Crippen LogP contribution < -0.4 is 4.72 Å². The van der Waals surface area contributed by atoms with E-state index in [1.165, 1.54) is 10.9 Å². The third-order valence-electron chi connectivity index (χ3n) is 3.11. The van der Waals surface area contributed by atoms with E-state index in [0.717, 1.165) is 0 Å². The zero-order valence-corrected chi connectivity index (χ0v) is 11.6. The summed E-state index contributed by atoms with van der Waals surface area (Å²) in [5, 5.41) is 9.33. The van der Waals surface area contributed by atoms with Crippen molar-refractivity contribution in [1.29, 1.82) is 0 Å². The molecule has 1 aromatic heterocycles. The van der Waals surface area contributed by atoms with Gasteiger partial charge in [0.05, 0.1) is 12.4 Å². The van der Waals surface area contributed by atoms with Crippen molar-refractivity contribution in [2.45, 2.75) is 42.9 Å². The summed E-state index contributed by atoms with van der Waals surface area (Å²) in [5.41, 5.74) is 0. The van der Waals surface area contributed by atoms with Gasteiger partial charge in [0.25, 0.3) is 10.0 Å². The second kappa shape index (κ2) is 5.16. The van der Waals surface area contributed by atoms with Gasteiger partial charge in [0.15, 0.2) is 0 Å². The first kappa shape index (κ1) is 13.8. The molecule has 18 heavy (non-hydrogen) atoms. The van der Waals surface area contributed by atoms with E-state index in [-0.39, 0.29) is 22.3 Å². The summed E-state index contributed by atoms with van der Waals surface area (Å²) in [4.78, 5) is 3.80. The Hall–Kier alpha value is -0.630. The molecule has 0 bridgehead atoms. The number of aromatic nitrogens is 2. The minimum atomic E-state index is -3.68. The van der Waals surface area contributed by atoms with Crippen LogP contribution in [0.4, 0.5) is 0 Å². The largest absolute Gasteiger partial charge is 0.393 e. The molecule has 8 heteroatoms. The molecule has 0 aliphatic heterocycles. The molecule has 1 saturated carbocycles. The smallest absolute Gasteiger partial charge is 0.261 e. The van der Waals surface area contributed by atoms with Gasteiger partial charge in [-0.15, -0.1) is 0 Å². The average Bonchev–Trinajstić information content (AvgIpc) is 2.63. The lowest BCUT2D eigenvalue weighted by atomic mass is 9.94. The first-order valence-electron chi connectivity index (χ1n) is 5.77. The summed E-state index contributed by atoms with van der Waals surface area (Å²) in [7, 11) is -2.05. The highest BCUT2D eigenvalue weighted by Crippen LogP contribution is 2.23. The van der Waals surface area contributed by atoms with Crippen molar-refractivity contribution < 1.29 is 13.5 Å². The van der Waals surface area contributed by atoms with Gasteiger partial charge >= 0.3 is 0 Å². The van der Waals surface area contributed by atoms with Gasteiger partial charge in [-0.1, -0.05) is 11.6 Å². The standard InChI is InChI=1S/C10H16ClN3O3S/c1-14-6-12-10(9(14)11)18(16,17)13-7-2-4-8(15)5-3-7/h6-8,13,15H,2-5H2,1H3. The number of rotatable bonds is 3. The second-order valence-corrected chi connectivity index (χ2v) is 6.57. The zero-order valence-electron chi connectivity index (χ0n) is 10.0. The van der Waals surface area contributed by atoms with Crippen molar-refractivity contribution >= 4 is 21.6 Å². The van der Waals surface area contributed by atoms with Gasteiger partial charge in [0.2, 0.25) is 5.03 Å². The van der Waals surface area contributed by atoms with Crippen molar-refractivity contribution in [2.75, 3.05) is 0 Å². The van der Waals surface area contributed by atoms with Gasteiger partial charge in [-0.2, -0.15) is 0 Å². The molecule has 0 spiro atoms. The molecule has 1 fully saturated rings. The van der Waals surface area contributed by atoms with Crippen molar-refractivity contribution in [2.24, 2.45) is 7.05 Å². The molecule has 0 saturated heterocycles. The van der Waals surface area contributed by atoms with Crippen LogP contribution in [0.5, 0.6) is 0 Å². The quantitative estimate of drug-likeness (QED) is 0.857. The predicted molar refractivity (Wildman–Crippen MR) is 66.8 cm³/mol. The van der Waals surface area contributed by atoms with Crippen LogP contribution in [-0.2, 0) is 17.1 Å². The number of hydrogen-bond acceptors (Lipinski definition) is 4. The fourth-order valence-corrected chi connectivity index (χ4v) is 3.78. The molecule has 102 valence electrons. The third-order valence-corrected chi connectivity index (χ3v) is 5.12. The topological polar surface area (TPSA) is 84.2 Å². The van der Waals surface area contributed by atoms with E-state index in [0.29, 0.717) is 25.7 Å². The van der Waals surface area contributed by atoms with Crippen molar-refractivity contribution in [3.63, 3.8) is 0 Å². The molecule has 2 N–H and O–H groups in total. The van der Waals surface area contributed by atoms with Crippen LogP contribution in [0.2, 0.25) is 5.15 Å². The highest BCUT2D eigenvalue weighted by Gasteiger charge is 2.28. The molecule has 1 aliphatic rings. The van der Waals surface area contributed by atoms with Gasteiger partial charge in [-0.25, -0.2) is 18.1 Å². The number of halogens is 1. The van der Waals surface area contributed by atoms with Crippen LogP contribution >= 0.6 is 11.6 Å². The number of hydrogen-bond donors (Lipinski definition) is 2. The third kappa shape index (κ3) is 2.85. The first-order chi connectivity index (χ1) is 8.40. The maximum Gasteiger partial charge on any atom is 0.261 e. The Balaban J connectivity index is 2.10. The van der Waals surface area contributed by atoms with Crippen molar-refractivity contribution in [1.82, 2.24) is 14.3 Å². The Morgan fingerprint density at radius 2 is 2.06 bits per heavy atom. The van der Waals surface area contributed by atoms with E-state index in [9.17, 15) is 13.5 Å². The van der Waals surface area contributed by atoms with Crippen LogP contribution in [0.15, 0.2) is 11.4 Å². The van der Waals surface area contributed by atoms with E-state index >= 15 is 0 Å². The van der Waals surface area contributed by atoms with Crippen molar-refractivity contribution in [3.05, 3.63) is 11.5 Å². The fourth-order valence-electron chi connectivity index (χ4n) is 2.04. The lowest BCUT2D eigenvalue weighted by Gasteiger charge is -2.25. The van der Waals surface area contributed by atoms with Crippen LogP contribution in [0.1, 0.15) is 25.7 Å². The molecule has 1 heterocycles. The molecule has 1 aliphatic carbocycles. The lowest BCUT2D eigenvalue weighted by molar-refractivity contribution is 0.120. The van der Waals surface area contributed by atoms with Gasteiger partial charge in [-0.05, 0) is 25.7 Å². The van der Waals surface area contributed by atoms with E-state index in [1.807, 2.05) is 0 Å². The van der Waals surface area contributed by atoms with Crippen molar-refractivity contribution in [3.8, 4) is 0 Å². The van der Waals surface area contributed by atoms with E-state index in [4.69, 9.17) is 11.6 Å². The number of aliphatic hydroxyl groups excluding tert-OH is 1. The SMILES string of the molecule is Cn1cnc(S(=O)(=O)NC2CCC(O)CC2)c1Cl. The Morgan fingerprint density at radius 3 is 2.56 bits per heavy atom. The number of nitrogens with one attached hydrogen (secondary N) is 1. The number of aryl methyl sites for hydroxylation is 1. The Bertz CT molecular complexity index is 520. The highest BCUT2D eigenvalue weighted by atomic mass is 35.5. The van der Waals surface area contributed by atoms with Crippen LogP contribution in [0, 0.1) is 0 Å². The van der Waals surface area contributed by atoms with E-state index in [1.54, 1.807) is 7.05 Å². The van der Waals surface area contributed by atoms with Gasteiger partial charge in [-0.3, -0.25) is 0 Å². The summed E-state index contributed by atoms with van der Waals surface area (Å²) in [6, 6.07) is -0.156. The second-order valence-electron chi connectivity index (χ2n) is 4.58. The number of aliphatic hydroxyl groups is 1. The molecule has 0 radical (unpaired) electrons. The summed E-state index contributed by atoms with van der Waals surface area (Å²) < 4.78 is 28.2. The highest BCUT2D eigenvalue weighted by molar-refractivity contribution is 7.89. The first-order valence-corrected chi connectivity index (χ1v) is 7.63. The van der Waals surface area contributed by atoms with Gasteiger partial charge in [0, 0.05) is 13.1 Å². The summed E-state index contributed by atoms with van der Waals surface area (Å²) in [5.74, 6) is 0. The van der Waals surface area contributed by atoms with Gasteiger partial charge in [0.1, 0.15) is 5.15 Å². The number of imidazole rings is 1. The van der Waals surface area contributed by atoms with E-state index < -0.39 is 10.0 Å². The molecule has 0 aromatic carbocycles. The number of sulfonamides is 1. The summed E-state index contributed by atoms with van der Waals surface area (Å²) in [6.45, 7) is 0. The maximum absolute atomic E-state index is 12.1. The molecule has 0 unspecified atom stereocenters. The fraction of sp³-hybridized carbons (Fsp3) is 0.700. The molecule has 1 aromatic rings. The molecule has 2 rings (SSSR count). The van der Waals surface area contributed by atoms with Crippen LogP contribution in [0.25, 0.3) is 0 Å². The van der Waals surface area contributed by atoms with Crippen LogP contribution in [-0.4, -0.2) is 35.2 Å². The van der Waals surface area contributed by atoms with Gasteiger partial charge < -0.3 is 9.67 Å². The molecular weight excluding hydrogens is 278 g/mol. The Labute approximate surface area is 111 Å². The molecule has 0 atom stereocenters. The Kier molecular flexibility index (Phi) is 3.96. The normalized spacial score (nSPS) is 25.3. The number of nitrogens with zero attached hydrogens (tertiary/aromatic N) is 2. The summed E-state index contributed by atoms with van der Waals surface area (Å²) >= 11 is 5.88. The zero-order chi connectivity index (χ0) is 13.3. The Morgan fingerprint density at radius 1 is 1.44 bits per heavy atom. The minimum absolute atomic E-state index is 0.0957. The van der Waals surface area contributed by atoms with Crippen LogP contribution in [0.3, 0.4) is 0 Å². The average molecular weight is 294 g/mol. The monoisotopic (exact) mass is 293 g/mol. The molecule has 0 amide bonds. The maximum atomic E-state index is 12.1. The molecular formula is C10H16ClN3O3S. The predicted octanol–water partition coefficient (Wildman–Crippen LogP) is 0.655. The summed E-state index contributed by atoms with van der Waals surface area (Å²) in [6.07, 6.45) is 3.54. The minimum Gasteiger partial charge on any atom is -0.393 e. The molecule has 6 nitrogen and oxygen atoms in total. The van der Waals surface area contributed by atoms with E-state index in [2.05, 4.69) is 9.71 Å².